The number of hydrogen-bond acceptors (Lipinski definition) is 8. The highest BCUT2D eigenvalue weighted by molar-refractivity contribution is 8.03. The van der Waals surface area contributed by atoms with Crippen molar-refractivity contribution in [1.82, 2.24) is 15.5 Å². The van der Waals surface area contributed by atoms with Gasteiger partial charge in [-0.1, -0.05) is 73.0 Å². The standard InChI is InChI=1S/C17H21N3O3S3/c1-11(2)13-6-4-12(5-7-13)9-24-16-19-20-17(26-16)25-10-14(21)18-8-15(22)23-3/h4-7,11H,8-10H2,1-3H3,(H,18,21). The van der Waals surface area contributed by atoms with Crippen LogP contribution in [0.3, 0.4) is 0 Å². The molecule has 0 bridgehead atoms. The lowest BCUT2D eigenvalue weighted by molar-refractivity contribution is -0.140. The largest absolute Gasteiger partial charge is 0.468 e. The third kappa shape index (κ3) is 6.97. The van der Waals surface area contributed by atoms with Crippen LogP contribution in [0.4, 0.5) is 0 Å². The molecule has 2 rings (SSSR count). The average molecular weight is 412 g/mol. The van der Waals surface area contributed by atoms with E-state index in [2.05, 4.69) is 58.4 Å². The van der Waals surface area contributed by atoms with E-state index >= 15 is 0 Å². The Balaban J connectivity index is 1.75. The van der Waals surface area contributed by atoms with Crippen LogP contribution < -0.4 is 5.32 Å². The summed E-state index contributed by atoms with van der Waals surface area (Å²) in [6, 6.07) is 8.61. The second-order valence-electron chi connectivity index (χ2n) is 5.66. The van der Waals surface area contributed by atoms with E-state index in [1.54, 1.807) is 11.8 Å². The van der Waals surface area contributed by atoms with Crippen molar-refractivity contribution in [3.8, 4) is 0 Å². The van der Waals surface area contributed by atoms with Gasteiger partial charge in [0, 0.05) is 5.75 Å². The zero-order valence-electron chi connectivity index (χ0n) is 14.9. The number of thioether (sulfide) groups is 2. The number of benzene rings is 1. The summed E-state index contributed by atoms with van der Waals surface area (Å²) in [5, 5.41) is 10.7. The molecule has 0 aliphatic heterocycles. The van der Waals surface area contributed by atoms with Gasteiger partial charge in [0.15, 0.2) is 8.68 Å². The lowest BCUT2D eigenvalue weighted by atomic mass is 10.0. The molecular formula is C17H21N3O3S3. The van der Waals surface area contributed by atoms with Crippen LogP contribution in [0.15, 0.2) is 32.9 Å². The third-order valence-corrected chi connectivity index (χ3v) is 6.64. The Hall–Kier alpha value is -1.58. The molecule has 0 fully saturated rings. The molecular weight excluding hydrogens is 390 g/mol. The maximum atomic E-state index is 11.6. The van der Waals surface area contributed by atoms with E-state index in [4.69, 9.17) is 0 Å². The van der Waals surface area contributed by atoms with Crippen LogP contribution in [0.2, 0.25) is 0 Å². The van der Waals surface area contributed by atoms with E-state index in [1.165, 1.54) is 41.3 Å². The first-order chi connectivity index (χ1) is 12.5. The number of carbonyl (C=O) groups excluding carboxylic acids is 2. The van der Waals surface area contributed by atoms with E-state index in [1.807, 2.05) is 0 Å². The van der Waals surface area contributed by atoms with Gasteiger partial charge in [0.05, 0.1) is 12.9 Å². The Labute approximate surface area is 165 Å². The van der Waals surface area contributed by atoms with Crippen LogP contribution in [-0.2, 0) is 20.1 Å². The highest BCUT2D eigenvalue weighted by atomic mass is 32.2. The predicted octanol–water partition coefficient (Wildman–Crippen LogP) is 3.34. The zero-order chi connectivity index (χ0) is 18.9. The van der Waals surface area contributed by atoms with Crippen molar-refractivity contribution in [1.29, 1.82) is 0 Å². The number of hydrogen-bond donors (Lipinski definition) is 1. The van der Waals surface area contributed by atoms with Gasteiger partial charge in [0.2, 0.25) is 5.91 Å². The minimum Gasteiger partial charge on any atom is -0.468 e. The molecule has 0 atom stereocenters. The average Bonchev–Trinajstić information content (AvgIpc) is 3.11. The maximum Gasteiger partial charge on any atom is 0.325 e. The molecule has 0 spiro atoms. The van der Waals surface area contributed by atoms with E-state index in [0.29, 0.717) is 5.92 Å². The van der Waals surface area contributed by atoms with Gasteiger partial charge in [-0.05, 0) is 17.0 Å². The van der Waals surface area contributed by atoms with Crippen LogP contribution in [0, 0.1) is 0 Å². The summed E-state index contributed by atoms with van der Waals surface area (Å²) < 4.78 is 6.07. The van der Waals surface area contributed by atoms with Crippen molar-refractivity contribution in [2.24, 2.45) is 0 Å². The SMILES string of the molecule is COC(=O)CNC(=O)CSc1nnc(SCc2ccc(C(C)C)cc2)s1. The molecule has 0 unspecified atom stereocenters. The molecule has 1 amide bonds. The number of esters is 1. The summed E-state index contributed by atoms with van der Waals surface area (Å²) in [4.78, 5) is 22.6. The summed E-state index contributed by atoms with van der Waals surface area (Å²) in [6.45, 7) is 4.24. The van der Waals surface area contributed by atoms with Crippen molar-refractivity contribution in [2.75, 3.05) is 19.4 Å². The Kier molecular flexibility index (Phi) is 8.40. The lowest BCUT2D eigenvalue weighted by Gasteiger charge is -2.05. The maximum absolute atomic E-state index is 11.6. The lowest BCUT2D eigenvalue weighted by Crippen LogP contribution is -2.31. The second-order valence-corrected chi connectivity index (χ2v) is 9.08. The first-order valence-corrected chi connectivity index (χ1v) is 10.8. The molecule has 1 aromatic carbocycles. The van der Waals surface area contributed by atoms with E-state index < -0.39 is 5.97 Å². The van der Waals surface area contributed by atoms with E-state index in [-0.39, 0.29) is 18.2 Å². The van der Waals surface area contributed by atoms with Gasteiger partial charge in [0.1, 0.15) is 6.54 Å². The third-order valence-electron chi connectivity index (χ3n) is 3.38. The Bertz CT molecular complexity index is 732. The van der Waals surface area contributed by atoms with Crippen LogP contribution in [0.5, 0.6) is 0 Å². The van der Waals surface area contributed by atoms with Crippen molar-refractivity contribution in [3.63, 3.8) is 0 Å². The number of methoxy groups -OCH3 is 1. The number of carbonyl (C=O) groups is 2. The van der Waals surface area contributed by atoms with Crippen LogP contribution >= 0.6 is 34.9 Å². The van der Waals surface area contributed by atoms with Gasteiger partial charge in [-0.15, -0.1) is 10.2 Å². The molecule has 140 valence electrons. The summed E-state index contributed by atoms with van der Waals surface area (Å²) in [7, 11) is 1.28. The molecule has 0 saturated carbocycles. The van der Waals surface area contributed by atoms with Crippen LogP contribution in [0.1, 0.15) is 30.9 Å². The zero-order valence-corrected chi connectivity index (χ0v) is 17.3. The molecule has 0 aliphatic rings. The Morgan fingerprint density at radius 2 is 1.81 bits per heavy atom. The molecule has 0 saturated heterocycles. The Morgan fingerprint density at radius 1 is 1.15 bits per heavy atom. The number of nitrogens with one attached hydrogen (secondary N) is 1. The number of ether oxygens (including phenoxy) is 1. The quantitative estimate of drug-likeness (QED) is 0.501. The van der Waals surface area contributed by atoms with Crippen LogP contribution in [0.25, 0.3) is 0 Å². The van der Waals surface area contributed by atoms with Crippen LogP contribution in [-0.4, -0.2) is 41.5 Å². The first-order valence-electron chi connectivity index (χ1n) is 7.99. The van der Waals surface area contributed by atoms with Gasteiger partial charge in [-0.2, -0.15) is 0 Å². The van der Waals surface area contributed by atoms with E-state index in [0.717, 1.165) is 14.4 Å². The predicted molar refractivity (Wildman–Crippen MR) is 106 cm³/mol. The van der Waals surface area contributed by atoms with Crippen molar-refractivity contribution in [2.45, 2.75) is 34.2 Å². The molecule has 0 aliphatic carbocycles. The number of aromatic nitrogens is 2. The topological polar surface area (TPSA) is 81.2 Å². The summed E-state index contributed by atoms with van der Waals surface area (Å²) in [5.41, 5.74) is 2.57. The van der Waals surface area contributed by atoms with Gasteiger partial charge in [-0.3, -0.25) is 9.59 Å². The summed E-state index contributed by atoms with van der Waals surface area (Å²) >= 11 is 4.40. The molecule has 9 heteroatoms. The smallest absolute Gasteiger partial charge is 0.325 e. The van der Waals surface area contributed by atoms with Gasteiger partial charge in [-0.25, -0.2) is 0 Å². The highest BCUT2D eigenvalue weighted by Crippen LogP contribution is 2.30. The molecule has 1 heterocycles. The molecule has 2 aromatic rings. The normalized spacial score (nSPS) is 10.8. The molecule has 1 N–H and O–H groups in total. The van der Waals surface area contributed by atoms with Crippen molar-refractivity contribution in [3.05, 3.63) is 35.4 Å². The highest BCUT2D eigenvalue weighted by Gasteiger charge is 2.10. The first kappa shape index (κ1) is 20.7. The fraction of sp³-hybridized carbons (Fsp3) is 0.412. The van der Waals surface area contributed by atoms with Gasteiger partial charge in [0.25, 0.3) is 0 Å². The second kappa shape index (κ2) is 10.5. The van der Waals surface area contributed by atoms with Gasteiger partial charge < -0.3 is 10.1 Å². The number of rotatable bonds is 9. The van der Waals surface area contributed by atoms with Crippen molar-refractivity contribution < 1.29 is 14.3 Å². The molecule has 6 nitrogen and oxygen atoms in total. The van der Waals surface area contributed by atoms with E-state index in [9.17, 15) is 9.59 Å². The molecule has 1 aromatic heterocycles. The monoisotopic (exact) mass is 411 g/mol. The van der Waals surface area contributed by atoms with Crippen molar-refractivity contribution >= 4 is 46.7 Å². The minimum atomic E-state index is -0.473. The Morgan fingerprint density at radius 3 is 2.42 bits per heavy atom. The fourth-order valence-corrected chi connectivity index (χ4v) is 4.68. The molecule has 0 radical (unpaired) electrons. The number of nitrogens with zero attached hydrogens (tertiary/aromatic N) is 2. The fourth-order valence-electron chi connectivity index (χ4n) is 1.88. The van der Waals surface area contributed by atoms with Gasteiger partial charge >= 0.3 is 5.97 Å². The number of amides is 1. The molecule has 26 heavy (non-hydrogen) atoms. The summed E-state index contributed by atoms with van der Waals surface area (Å²) in [6.07, 6.45) is 0. The minimum absolute atomic E-state index is 0.122. The summed E-state index contributed by atoms with van der Waals surface area (Å²) in [5.74, 6) is 0.836.